The van der Waals surface area contributed by atoms with Crippen LogP contribution in [0.4, 0.5) is 0 Å². The minimum Gasteiger partial charge on any atom is -0.508 e. The van der Waals surface area contributed by atoms with E-state index in [-0.39, 0.29) is 152 Å². The number of aromatic hydroxyl groups is 2. The van der Waals surface area contributed by atoms with Crippen molar-refractivity contribution in [1.82, 2.24) is 83.4 Å². The molecule has 4 heterocycles. The Morgan fingerprint density at radius 1 is 0.392 bits per heavy atom. The number of benzene rings is 2. The molecular formula is C76H116N22O22. The molecular weight excluding hydrogens is 1570 g/mol. The van der Waals surface area contributed by atoms with Gasteiger partial charge in [0.05, 0.1) is 25.9 Å². The van der Waals surface area contributed by atoms with E-state index in [0.717, 1.165) is 0 Å². The van der Waals surface area contributed by atoms with Gasteiger partial charge in [0.15, 0.2) is 11.9 Å². The molecule has 6 rings (SSSR count). The summed E-state index contributed by atoms with van der Waals surface area (Å²) in [5.41, 5.74) is 22.8. The number of nitrogens with zero attached hydrogens (tertiary/aromatic N) is 6. The lowest BCUT2D eigenvalue weighted by Crippen LogP contribution is -2.58. The summed E-state index contributed by atoms with van der Waals surface area (Å²) >= 11 is 0. The van der Waals surface area contributed by atoms with Crippen LogP contribution in [0.2, 0.25) is 0 Å². The fourth-order valence-electron chi connectivity index (χ4n) is 14.1. The van der Waals surface area contributed by atoms with Crippen LogP contribution in [0.15, 0.2) is 58.5 Å². The summed E-state index contributed by atoms with van der Waals surface area (Å²) in [6.07, 6.45) is -0.873. The zero-order valence-corrected chi connectivity index (χ0v) is 67.1. The average Bonchev–Trinajstić information content (AvgIpc) is 0.937. The lowest BCUT2D eigenvalue weighted by molar-refractivity contribution is -0.145. The number of aliphatic carboxylic acids is 4. The third kappa shape index (κ3) is 35.6. The first kappa shape index (κ1) is 96.8. The van der Waals surface area contributed by atoms with Gasteiger partial charge in [0.25, 0.3) is 0 Å². The van der Waals surface area contributed by atoms with Gasteiger partial charge < -0.3 is 127 Å². The van der Waals surface area contributed by atoms with Gasteiger partial charge in [0.1, 0.15) is 71.9 Å². The Labute approximate surface area is 692 Å². The molecule has 12 atom stereocenters. The summed E-state index contributed by atoms with van der Waals surface area (Å²) in [7, 11) is 0. The van der Waals surface area contributed by atoms with Crippen LogP contribution in [0.3, 0.4) is 0 Å². The summed E-state index contributed by atoms with van der Waals surface area (Å²) in [5.74, 6) is -16.0. The number of carboxylic acids is 4. The molecule has 0 radical (unpaired) electrons. The Morgan fingerprint density at radius 3 is 1.05 bits per heavy atom. The maximum atomic E-state index is 14.3. The van der Waals surface area contributed by atoms with Gasteiger partial charge in [0.2, 0.25) is 70.9 Å². The minimum atomic E-state index is -1.72. The lowest BCUT2D eigenvalue weighted by atomic mass is 10.0. The van der Waals surface area contributed by atoms with Crippen LogP contribution in [0.25, 0.3) is 0 Å². The van der Waals surface area contributed by atoms with E-state index in [9.17, 15) is 107 Å². The second kappa shape index (κ2) is 50.6. The zero-order chi connectivity index (χ0) is 87.8. The van der Waals surface area contributed by atoms with Crippen molar-refractivity contribution in [2.75, 3.05) is 105 Å². The third-order valence-corrected chi connectivity index (χ3v) is 20.6. The number of rotatable bonds is 36. The van der Waals surface area contributed by atoms with Gasteiger partial charge in [-0.1, -0.05) is 24.3 Å². The van der Waals surface area contributed by atoms with Crippen LogP contribution < -0.4 is 86.7 Å². The number of carbonyl (C=O) groups is 16. The van der Waals surface area contributed by atoms with Crippen molar-refractivity contribution in [3.05, 3.63) is 59.7 Å². The van der Waals surface area contributed by atoms with E-state index < -0.39 is 181 Å². The number of nitrogens with one attached hydrogen (secondary N) is 12. The molecule has 12 amide bonds. The van der Waals surface area contributed by atoms with Crippen molar-refractivity contribution in [3.63, 3.8) is 0 Å². The standard InChI is InChI=1S/C76H116N22O22/c77-75(78)83-27-5-11-49-65(109)85-43-61(103)87-55(41-63(105)106)71(115)93-53(39-45-13-17-47(99)18-14-45)69(113)91-51(67(111)89-49)9-1-3-25-81-59(101)23-21-57(73(117)118)97-31-7-29-96-34-33-95(35-37-97)30-8-32-98(38-36-96)58(74(119)120)22-24-60(102)82-26-4-2-10-52-68(112)90-50(12-6-28-84-76(79)80)66(110)86-44-62(104)88-56(42-64(107)108)72(116)94-54(70(114)92-52)40-46-15-19-48(100)20-16-46/h13-20,49-58,99-100H,1-12,21-44H2,(H,81,101)(H,82,102)(H,85,109)(H,86,110)(H,87,103)(H,88,104)(H,89,111)(H,90,112)(H,91,113)(H,92,114)(H,93,115)(H,94,116)(H,105,106)(H,107,108)(H,117,118)(H,119,120)(H4,77,78,83)(H4,79,80,84)/t49-,50-,51-,52-,53+,54+,55-,56-,57?,58?/m0/s1. The molecule has 4 aliphatic heterocycles. The second-order valence-corrected chi connectivity index (χ2v) is 29.8. The Hall–Kier alpha value is -12.1. The average molecular weight is 1690 g/mol. The highest BCUT2D eigenvalue weighted by Crippen LogP contribution is 2.19. The van der Waals surface area contributed by atoms with Crippen molar-refractivity contribution < 1.29 is 107 Å². The molecule has 2 aromatic rings. The first-order valence-electron chi connectivity index (χ1n) is 40.2. The molecule has 44 nitrogen and oxygen atoms in total. The van der Waals surface area contributed by atoms with Crippen LogP contribution in [0.1, 0.15) is 127 Å². The van der Waals surface area contributed by atoms with E-state index in [1.165, 1.54) is 48.5 Å². The summed E-state index contributed by atoms with van der Waals surface area (Å²) in [4.78, 5) is 231. The maximum absolute atomic E-state index is 14.3. The minimum absolute atomic E-state index is 0.0443. The number of guanidine groups is 2. The van der Waals surface area contributed by atoms with E-state index in [4.69, 9.17) is 22.9 Å². The molecule has 0 spiro atoms. The predicted octanol–water partition coefficient (Wildman–Crippen LogP) is -6.87. The third-order valence-electron chi connectivity index (χ3n) is 20.6. The molecule has 44 heteroatoms. The number of unbranched alkanes of at least 4 members (excludes halogenated alkanes) is 2. The predicted molar refractivity (Wildman–Crippen MR) is 430 cm³/mol. The topological polar surface area (TPSA) is 681 Å². The fraction of sp³-hybridized carbons (Fsp3) is 0.605. The van der Waals surface area contributed by atoms with Crippen molar-refractivity contribution in [2.24, 2.45) is 32.9 Å². The Kier molecular flexibility index (Phi) is 40.8. The van der Waals surface area contributed by atoms with Crippen molar-refractivity contribution >= 4 is 107 Å². The Bertz CT molecular complexity index is 3660. The molecule has 0 aliphatic carbocycles. The van der Waals surface area contributed by atoms with Crippen LogP contribution in [0.5, 0.6) is 11.5 Å². The molecule has 0 aromatic heterocycles. The molecule has 120 heavy (non-hydrogen) atoms. The van der Waals surface area contributed by atoms with Crippen molar-refractivity contribution in [2.45, 2.75) is 189 Å². The number of hydrogen-bond donors (Lipinski definition) is 22. The van der Waals surface area contributed by atoms with E-state index in [0.29, 0.717) is 89.4 Å². The SMILES string of the molecule is NC(N)=NCCC[C@@H]1NC(=O)[C@H](CCCCNC(=O)CCC(C(=O)O)N2CCCN3CCN(CCCN(C(CCC(=O)NCCCC[C@@H]4NC(=O)[C@@H](Cc5ccc(O)cc5)NC(=O)[C@H](CC(=O)O)NC(=O)CNC(=O)[C@H](CCCN=C(N)N)NC4=O)C(=O)O)CC3)CC2)NC(=O)[C@@H](Cc2ccc(O)cc2)NC(=O)[C@H](CC(=O)O)NC(=O)CNC1=O. The number of nitrogens with two attached hydrogens (primary N) is 4. The van der Waals surface area contributed by atoms with Gasteiger partial charge in [-0.05, 0) is 138 Å². The highest BCUT2D eigenvalue weighted by molar-refractivity contribution is 6.00. The largest absolute Gasteiger partial charge is 0.508 e. The van der Waals surface area contributed by atoms with E-state index in [1.54, 1.807) is 0 Å². The molecule has 4 saturated heterocycles. The number of carboxylic acid groups (broad SMARTS) is 4. The molecule has 26 N–H and O–H groups in total. The first-order chi connectivity index (χ1) is 57.2. The lowest BCUT2D eigenvalue weighted by Gasteiger charge is -2.38. The van der Waals surface area contributed by atoms with E-state index in [1.807, 2.05) is 9.80 Å². The molecule has 4 fully saturated rings. The summed E-state index contributed by atoms with van der Waals surface area (Å²) in [6, 6.07) is -2.73. The van der Waals surface area contributed by atoms with Crippen LogP contribution in [0, 0.1) is 0 Å². The molecule has 662 valence electrons. The second-order valence-electron chi connectivity index (χ2n) is 29.8. The molecule has 2 aromatic carbocycles. The maximum Gasteiger partial charge on any atom is 0.320 e. The van der Waals surface area contributed by atoms with Crippen molar-refractivity contribution in [1.29, 1.82) is 0 Å². The van der Waals surface area contributed by atoms with E-state index in [2.05, 4.69) is 83.6 Å². The highest BCUT2D eigenvalue weighted by atomic mass is 16.4. The summed E-state index contributed by atoms with van der Waals surface area (Å²) in [6.45, 7) is 3.31. The molecule has 0 saturated carbocycles. The summed E-state index contributed by atoms with van der Waals surface area (Å²) in [5, 5.41) is 91.0. The number of hydrogen-bond acceptors (Lipinski definition) is 24. The number of amides is 12. The van der Waals surface area contributed by atoms with Gasteiger partial charge in [-0.2, -0.15) is 0 Å². The molecule has 4 unspecified atom stereocenters. The molecule has 4 aliphatic rings. The quantitative estimate of drug-likeness (QED) is 0.0171. The Morgan fingerprint density at radius 2 is 0.708 bits per heavy atom. The van der Waals surface area contributed by atoms with Gasteiger partial charge >= 0.3 is 23.9 Å². The van der Waals surface area contributed by atoms with Gasteiger partial charge in [-0.25, -0.2) is 0 Å². The number of phenolic OH excluding ortho intramolecular Hbond substituents is 2. The van der Waals surface area contributed by atoms with Gasteiger partial charge in [-0.15, -0.1) is 0 Å². The number of phenols is 2. The smallest absolute Gasteiger partial charge is 0.320 e. The number of aliphatic imine (C=N–C) groups is 2. The fourth-order valence-corrected chi connectivity index (χ4v) is 14.1. The summed E-state index contributed by atoms with van der Waals surface area (Å²) < 4.78 is 0. The van der Waals surface area contributed by atoms with Crippen LogP contribution >= 0.6 is 0 Å². The molecule has 2 bridgehead atoms. The number of fused-ring (bicyclic) bond motifs is 3. The van der Waals surface area contributed by atoms with Crippen LogP contribution in [-0.4, -0.2) is 322 Å². The van der Waals surface area contributed by atoms with Crippen molar-refractivity contribution in [3.8, 4) is 11.5 Å². The van der Waals surface area contributed by atoms with Crippen LogP contribution in [-0.2, 0) is 89.6 Å². The monoisotopic (exact) mass is 1690 g/mol. The highest BCUT2D eigenvalue weighted by Gasteiger charge is 2.38. The van der Waals surface area contributed by atoms with E-state index >= 15 is 0 Å². The zero-order valence-electron chi connectivity index (χ0n) is 67.1. The normalized spacial score (nSPS) is 23.2. The van der Waals surface area contributed by atoms with Gasteiger partial charge in [0, 0.05) is 104 Å². The number of carbonyl (C=O) groups excluding carboxylic acids is 12. The Balaban J connectivity index is 1.02. The first-order valence-corrected chi connectivity index (χ1v) is 40.2. The van der Waals surface area contributed by atoms with Gasteiger partial charge in [-0.3, -0.25) is 96.5 Å².